The third-order valence-electron chi connectivity index (χ3n) is 2.34. The van der Waals surface area contributed by atoms with Gasteiger partial charge in [0.25, 0.3) is 0 Å². The molecule has 0 aliphatic rings. The molecular weight excluding hydrogens is 311 g/mol. The van der Waals surface area contributed by atoms with Gasteiger partial charge in [-0.15, -0.1) is 0 Å². The number of aromatic nitrogens is 1. The fourth-order valence-corrected chi connectivity index (χ4v) is 2.29. The molecule has 0 radical (unpaired) electrons. The van der Waals surface area contributed by atoms with Gasteiger partial charge in [0.15, 0.2) is 0 Å². The number of nitrogens with zero attached hydrogens (tertiary/aromatic N) is 2. The van der Waals surface area contributed by atoms with Crippen LogP contribution in [0.5, 0.6) is 0 Å². The number of halogens is 1. The van der Waals surface area contributed by atoms with Crippen molar-refractivity contribution in [3.05, 3.63) is 48.7 Å². The van der Waals surface area contributed by atoms with Crippen LogP contribution in [0, 0.1) is 0 Å². The van der Waals surface area contributed by atoms with E-state index >= 15 is 0 Å². The molecule has 1 heterocycles. The minimum atomic E-state index is -0.199. The molecule has 0 amide bonds. The van der Waals surface area contributed by atoms with Gasteiger partial charge in [0.2, 0.25) is 0 Å². The summed E-state index contributed by atoms with van der Waals surface area (Å²) in [5, 5.41) is 0. The monoisotopic (exact) mass is 324 g/mol. The van der Waals surface area contributed by atoms with Crippen LogP contribution in [-0.4, -0.2) is 16.5 Å². The SMILES string of the molecule is C=IN(C)c1cccnc1-c1ccccc1. The first-order chi connectivity index (χ1) is 7.83. The van der Waals surface area contributed by atoms with Gasteiger partial charge >= 0.3 is 0 Å². The van der Waals surface area contributed by atoms with Crippen LogP contribution in [0.2, 0.25) is 0 Å². The Balaban J connectivity index is 2.53. The number of benzene rings is 1. The Kier molecular flexibility index (Phi) is 3.66. The maximum atomic E-state index is 4.47. The van der Waals surface area contributed by atoms with Gasteiger partial charge in [0.1, 0.15) is 0 Å². The summed E-state index contributed by atoms with van der Waals surface area (Å²) in [6, 6.07) is 14.3. The van der Waals surface area contributed by atoms with Crippen LogP contribution in [-0.2, 0) is 0 Å². The molecule has 0 N–H and O–H groups in total. The zero-order valence-corrected chi connectivity index (χ0v) is 11.3. The summed E-state index contributed by atoms with van der Waals surface area (Å²) < 4.78 is 6.21. The van der Waals surface area contributed by atoms with E-state index in [2.05, 4.69) is 37.9 Å². The Morgan fingerprint density at radius 1 is 1.12 bits per heavy atom. The molecule has 16 heavy (non-hydrogen) atoms. The van der Waals surface area contributed by atoms with Crippen molar-refractivity contribution in [1.29, 1.82) is 0 Å². The van der Waals surface area contributed by atoms with Gasteiger partial charge in [0.05, 0.1) is 11.4 Å². The summed E-state index contributed by atoms with van der Waals surface area (Å²) in [7, 11) is 2.07. The predicted molar refractivity (Wildman–Crippen MR) is 79.2 cm³/mol. The van der Waals surface area contributed by atoms with Crippen molar-refractivity contribution < 1.29 is 0 Å². The minimum Gasteiger partial charge on any atom is -0.322 e. The summed E-state index contributed by atoms with van der Waals surface area (Å²) in [6.07, 6.45) is 1.83. The summed E-state index contributed by atoms with van der Waals surface area (Å²) in [5.41, 5.74) is 3.35. The van der Waals surface area contributed by atoms with Gasteiger partial charge in [-0.3, -0.25) is 4.98 Å². The smallest absolute Gasteiger partial charge is 0.0942 e. The highest BCUT2D eigenvalue weighted by atomic mass is 127. The second kappa shape index (κ2) is 5.21. The molecule has 2 rings (SSSR count). The molecule has 0 aliphatic heterocycles. The molecule has 2 aromatic rings. The highest BCUT2D eigenvalue weighted by molar-refractivity contribution is 14.2. The Labute approximate surface area is 106 Å². The molecule has 0 bridgehead atoms. The predicted octanol–water partition coefficient (Wildman–Crippen LogP) is 3.50. The van der Waals surface area contributed by atoms with E-state index in [1.165, 1.54) is 0 Å². The lowest BCUT2D eigenvalue weighted by atomic mass is 10.1. The average molecular weight is 324 g/mol. The van der Waals surface area contributed by atoms with Crippen LogP contribution < -0.4 is 3.11 Å². The van der Waals surface area contributed by atoms with Gasteiger partial charge < -0.3 is 3.11 Å². The third-order valence-corrected chi connectivity index (χ3v) is 3.89. The summed E-state index contributed by atoms with van der Waals surface area (Å²) in [6.45, 7) is 0. The van der Waals surface area contributed by atoms with E-state index in [0.717, 1.165) is 16.9 Å². The average Bonchev–Trinajstić information content (AvgIpc) is 2.39. The standard InChI is InChI=1S/C13H13IN2/c1-14-16(2)12-9-6-10-15-13(12)11-7-4-3-5-8-11/h3-10H,1H2,2H3. The van der Waals surface area contributed by atoms with Crippen LogP contribution in [0.25, 0.3) is 11.3 Å². The molecule has 3 heteroatoms. The van der Waals surface area contributed by atoms with Crippen LogP contribution in [0.15, 0.2) is 48.7 Å². The van der Waals surface area contributed by atoms with Gasteiger partial charge in [-0.25, -0.2) is 0 Å². The fourth-order valence-electron chi connectivity index (χ4n) is 1.53. The van der Waals surface area contributed by atoms with E-state index in [1.807, 2.05) is 30.5 Å². The van der Waals surface area contributed by atoms with E-state index in [1.54, 1.807) is 0 Å². The molecule has 0 saturated carbocycles. The third kappa shape index (κ3) is 2.29. The number of hydrogen-bond acceptors (Lipinski definition) is 2. The summed E-state index contributed by atoms with van der Waals surface area (Å²) in [4.78, 5) is 4.47. The van der Waals surface area contributed by atoms with Gasteiger partial charge in [0, 0.05) is 18.8 Å². The second-order valence-corrected chi connectivity index (χ2v) is 5.46. The van der Waals surface area contributed by atoms with Crippen molar-refractivity contribution in [3.63, 3.8) is 0 Å². The lowest BCUT2D eigenvalue weighted by molar-refractivity contribution is 1.28. The molecule has 2 nitrogen and oxygen atoms in total. The summed E-state index contributed by atoms with van der Waals surface area (Å²) in [5.74, 6) is 0. The zero-order valence-electron chi connectivity index (χ0n) is 9.10. The number of anilines is 1. The van der Waals surface area contributed by atoms with Gasteiger partial charge in [-0.05, 0) is 37.7 Å². The molecular formula is C13H13IN2. The van der Waals surface area contributed by atoms with Gasteiger partial charge in [-0.2, -0.15) is 0 Å². The van der Waals surface area contributed by atoms with E-state index in [4.69, 9.17) is 0 Å². The van der Waals surface area contributed by atoms with Crippen molar-refractivity contribution in [2.75, 3.05) is 10.2 Å². The lowest BCUT2D eigenvalue weighted by Crippen LogP contribution is -2.03. The van der Waals surface area contributed by atoms with Crippen molar-refractivity contribution in [3.8, 4) is 11.3 Å². The molecule has 82 valence electrons. The van der Waals surface area contributed by atoms with Crippen molar-refractivity contribution in [1.82, 2.24) is 4.98 Å². The Bertz CT molecular complexity index is 482. The minimum absolute atomic E-state index is 0.199. The van der Waals surface area contributed by atoms with Crippen LogP contribution >= 0.6 is 21.0 Å². The quantitative estimate of drug-likeness (QED) is 0.635. The first-order valence-corrected chi connectivity index (χ1v) is 7.45. The van der Waals surface area contributed by atoms with Crippen molar-refractivity contribution >= 4 is 31.2 Å². The van der Waals surface area contributed by atoms with E-state index in [9.17, 15) is 0 Å². The molecule has 0 atom stereocenters. The molecule has 1 aromatic carbocycles. The van der Waals surface area contributed by atoms with Crippen molar-refractivity contribution in [2.24, 2.45) is 0 Å². The van der Waals surface area contributed by atoms with Crippen molar-refractivity contribution in [2.45, 2.75) is 0 Å². The maximum absolute atomic E-state index is 4.47. The fraction of sp³-hybridized carbons (Fsp3) is 0.0769. The zero-order chi connectivity index (χ0) is 11.4. The number of hydrogen-bond donors (Lipinski definition) is 0. The molecule has 0 saturated heterocycles. The van der Waals surface area contributed by atoms with Gasteiger partial charge in [-0.1, -0.05) is 30.3 Å². The molecule has 0 fully saturated rings. The van der Waals surface area contributed by atoms with Crippen LogP contribution in [0.1, 0.15) is 0 Å². The highest BCUT2D eigenvalue weighted by Crippen LogP contribution is 2.30. The first-order valence-electron chi connectivity index (χ1n) is 4.95. The second-order valence-electron chi connectivity index (χ2n) is 3.33. The molecule has 0 unspecified atom stereocenters. The molecule has 0 spiro atoms. The van der Waals surface area contributed by atoms with E-state index in [-0.39, 0.29) is 21.0 Å². The normalized spacial score (nSPS) is 10.1. The maximum Gasteiger partial charge on any atom is 0.0942 e. The van der Waals surface area contributed by atoms with E-state index < -0.39 is 0 Å². The molecule has 0 aliphatic carbocycles. The highest BCUT2D eigenvalue weighted by Gasteiger charge is 2.07. The van der Waals surface area contributed by atoms with E-state index in [0.29, 0.717) is 0 Å². The molecule has 1 aromatic heterocycles. The largest absolute Gasteiger partial charge is 0.322 e. The van der Waals surface area contributed by atoms with Crippen LogP contribution in [0.4, 0.5) is 5.69 Å². The Morgan fingerprint density at radius 2 is 1.88 bits per heavy atom. The first kappa shape index (κ1) is 11.3. The topological polar surface area (TPSA) is 16.1 Å². The lowest BCUT2D eigenvalue weighted by Gasteiger charge is -2.16. The Morgan fingerprint density at radius 3 is 2.56 bits per heavy atom. The number of pyridine rings is 1. The summed E-state index contributed by atoms with van der Waals surface area (Å²) >= 11 is -0.199. The van der Waals surface area contributed by atoms with Crippen LogP contribution in [0.3, 0.4) is 0 Å². The number of rotatable bonds is 3. The Hall–Kier alpha value is -1.23.